The maximum absolute atomic E-state index is 12.4. The number of nitrogens with zero attached hydrogens (tertiary/aromatic N) is 3. The first kappa shape index (κ1) is 17.9. The van der Waals surface area contributed by atoms with Crippen molar-refractivity contribution in [3.63, 3.8) is 0 Å². The first-order valence-electron chi connectivity index (χ1n) is 9.01. The summed E-state index contributed by atoms with van der Waals surface area (Å²) in [4.78, 5) is 32.2. The average Bonchev–Trinajstić information content (AvgIpc) is 2.84. The van der Waals surface area contributed by atoms with Gasteiger partial charge in [-0.25, -0.2) is 4.98 Å². The van der Waals surface area contributed by atoms with E-state index in [-0.39, 0.29) is 11.8 Å². The van der Waals surface area contributed by atoms with E-state index in [9.17, 15) is 9.59 Å². The van der Waals surface area contributed by atoms with Crippen LogP contribution in [0.5, 0.6) is 0 Å². The largest absolute Gasteiger partial charge is 0.341 e. The van der Waals surface area contributed by atoms with Crippen molar-refractivity contribution >= 4 is 33.4 Å². The monoisotopic (exact) mass is 359 g/mol. The van der Waals surface area contributed by atoms with Crippen molar-refractivity contribution < 1.29 is 9.59 Å². The van der Waals surface area contributed by atoms with E-state index >= 15 is 0 Å². The van der Waals surface area contributed by atoms with Crippen LogP contribution in [0.3, 0.4) is 0 Å². The third-order valence-corrected chi connectivity index (χ3v) is 5.76. The number of aryl methyl sites for hydroxylation is 1. The zero-order chi connectivity index (χ0) is 17.6. The maximum Gasteiger partial charge on any atom is 0.222 e. The maximum atomic E-state index is 12.4. The molecule has 25 heavy (non-hydrogen) atoms. The van der Waals surface area contributed by atoms with Crippen LogP contribution < -0.4 is 0 Å². The van der Waals surface area contributed by atoms with Crippen LogP contribution in [0.1, 0.15) is 37.6 Å². The molecule has 6 heteroatoms. The number of amides is 2. The van der Waals surface area contributed by atoms with Gasteiger partial charge in [-0.2, -0.15) is 0 Å². The molecule has 1 aliphatic heterocycles. The van der Waals surface area contributed by atoms with Gasteiger partial charge in [0, 0.05) is 39.5 Å². The second-order valence-electron chi connectivity index (χ2n) is 6.52. The van der Waals surface area contributed by atoms with Gasteiger partial charge in [0.05, 0.1) is 15.2 Å². The van der Waals surface area contributed by atoms with Crippen LogP contribution in [-0.4, -0.2) is 52.8 Å². The van der Waals surface area contributed by atoms with E-state index in [2.05, 4.69) is 11.1 Å². The van der Waals surface area contributed by atoms with Gasteiger partial charge >= 0.3 is 0 Å². The second-order valence-corrected chi connectivity index (χ2v) is 7.64. The second kappa shape index (κ2) is 8.43. The summed E-state index contributed by atoms with van der Waals surface area (Å²) in [5.41, 5.74) is 1.07. The lowest BCUT2D eigenvalue weighted by molar-refractivity contribution is -0.132. The molecule has 1 fully saturated rings. The zero-order valence-corrected chi connectivity index (χ0v) is 15.6. The van der Waals surface area contributed by atoms with Crippen LogP contribution in [0.25, 0.3) is 10.2 Å². The lowest BCUT2D eigenvalue weighted by Crippen LogP contribution is -2.36. The summed E-state index contributed by atoms with van der Waals surface area (Å²) in [7, 11) is 0. The molecule has 1 aromatic heterocycles. The molecule has 134 valence electrons. The fourth-order valence-electron chi connectivity index (χ4n) is 3.22. The Morgan fingerprint density at radius 3 is 2.64 bits per heavy atom. The number of fused-ring (bicyclic) bond motifs is 1. The number of para-hydroxylation sites is 1. The number of unbranched alkanes of at least 4 members (excludes halogenated alkanes) is 1. The molecule has 2 amide bonds. The van der Waals surface area contributed by atoms with E-state index in [4.69, 9.17) is 0 Å². The fraction of sp³-hybridized carbons (Fsp3) is 0.526. The van der Waals surface area contributed by atoms with E-state index in [1.165, 1.54) is 4.70 Å². The predicted molar refractivity (Wildman–Crippen MR) is 101 cm³/mol. The summed E-state index contributed by atoms with van der Waals surface area (Å²) >= 11 is 1.75. The Hall–Kier alpha value is -1.95. The van der Waals surface area contributed by atoms with Crippen molar-refractivity contribution in [1.82, 2.24) is 14.8 Å². The Labute approximate surface area is 152 Å². The van der Waals surface area contributed by atoms with Gasteiger partial charge in [-0.15, -0.1) is 11.3 Å². The van der Waals surface area contributed by atoms with Crippen molar-refractivity contribution in [3.8, 4) is 0 Å². The van der Waals surface area contributed by atoms with Crippen molar-refractivity contribution in [3.05, 3.63) is 29.3 Å². The van der Waals surface area contributed by atoms with Crippen LogP contribution in [0.4, 0.5) is 0 Å². The molecule has 2 aromatic rings. The molecule has 3 rings (SSSR count). The molecule has 0 atom stereocenters. The van der Waals surface area contributed by atoms with Gasteiger partial charge in [0.1, 0.15) is 0 Å². The van der Waals surface area contributed by atoms with Crippen LogP contribution in [0.2, 0.25) is 0 Å². The molecule has 0 aliphatic carbocycles. The highest BCUT2D eigenvalue weighted by atomic mass is 32.1. The Bertz CT molecular complexity index is 710. The smallest absolute Gasteiger partial charge is 0.222 e. The highest BCUT2D eigenvalue weighted by Crippen LogP contribution is 2.23. The van der Waals surface area contributed by atoms with Gasteiger partial charge in [0.15, 0.2) is 0 Å². The van der Waals surface area contributed by atoms with E-state index in [1.807, 2.05) is 28.0 Å². The predicted octanol–water partition coefficient (Wildman–Crippen LogP) is 3.09. The summed E-state index contributed by atoms with van der Waals surface area (Å²) in [6.45, 7) is 4.44. The van der Waals surface area contributed by atoms with Crippen LogP contribution in [-0.2, 0) is 16.0 Å². The van der Waals surface area contributed by atoms with Crippen molar-refractivity contribution in [2.24, 2.45) is 0 Å². The van der Waals surface area contributed by atoms with Gasteiger partial charge in [-0.05, 0) is 37.8 Å². The van der Waals surface area contributed by atoms with Crippen LogP contribution in [0, 0.1) is 0 Å². The van der Waals surface area contributed by atoms with Crippen molar-refractivity contribution in [2.75, 3.05) is 26.2 Å². The molecule has 0 bridgehead atoms. The quantitative estimate of drug-likeness (QED) is 0.771. The molecule has 2 heterocycles. The minimum absolute atomic E-state index is 0.102. The summed E-state index contributed by atoms with van der Waals surface area (Å²) in [6.07, 6.45) is 4.27. The number of aromatic nitrogens is 1. The number of carbonyl (C=O) groups excluding carboxylic acids is 2. The molecule has 0 spiro atoms. The highest BCUT2D eigenvalue weighted by molar-refractivity contribution is 7.18. The van der Waals surface area contributed by atoms with Crippen LogP contribution >= 0.6 is 11.3 Å². The molecule has 0 radical (unpaired) electrons. The SMILES string of the molecule is CC(=O)N1CCCN(C(=O)CCCCc2nc3ccccc3s2)CC1. The Kier molecular flexibility index (Phi) is 6.02. The molecule has 1 aliphatic rings. The first-order valence-corrected chi connectivity index (χ1v) is 9.83. The van der Waals surface area contributed by atoms with Gasteiger partial charge in [0.25, 0.3) is 0 Å². The van der Waals surface area contributed by atoms with Crippen molar-refractivity contribution in [2.45, 2.75) is 39.0 Å². The normalized spacial score (nSPS) is 15.4. The summed E-state index contributed by atoms with van der Waals surface area (Å²) < 4.78 is 1.23. The van der Waals surface area contributed by atoms with Gasteiger partial charge < -0.3 is 9.80 Å². The standard InChI is InChI=1S/C19H25N3O2S/c1-15(23)21-11-6-12-22(14-13-21)19(24)10-5-4-9-18-20-16-7-2-3-8-17(16)25-18/h2-3,7-8H,4-6,9-14H2,1H3. The number of thiazole rings is 1. The molecular weight excluding hydrogens is 334 g/mol. The molecule has 1 aromatic carbocycles. The van der Waals surface area contributed by atoms with Gasteiger partial charge in [-0.3, -0.25) is 9.59 Å². The van der Waals surface area contributed by atoms with E-state index in [0.717, 1.165) is 49.3 Å². The number of hydrogen-bond acceptors (Lipinski definition) is 4. The summed E-state index contributed by atoms with van der Waals surface area (Å²) in [5, 5.41) is 1.15. The summed E-state index contributed by atoms with van der Waals surface area (Å²) in [5.74, 6) is 0.319. The lowest BCUT2D eigenvalue weighted by Gasteiger charge is -2.21. The van der Waals surface area contributed by atoms with E-state index in [1.54, 1.807) is 18.3 Å². The molecule has 0 N–H and O–H groups in total. The van der Waals surface area contributed by atoms with E-state index in [0.29, 0.717) is 19.5 Å². The molecular formula is C19H25N3O2S. The Morgan fingerprint density at radius 1 is 1.08 bits per heavy atom. The van der Waals surface area contributed by atoms with Crippen molar-refractivity contribution in [1.29, 1.82) is 0 Å². The third kappa shape index (κ3) is 4.78. The lowest BCUT2D eigenvalue weighted by atomic mass is 10.2. The molecule has 0 unspecified atom stereocenters. The minimum atomic E-state index is 0.102. The number of carbonyl (C=O) groups is 2. The molecule has 1 saturated heterocycles. The average molecular weight is 359 g/mol. The zero-order valence-electron chi connectivity index (χ0n) is 14.7. The number of rotatable bonds is 5. The number of benzene rings is 1. The van der Waals surface area contributed by atoms with E-state index < -0.39 is 0 Å². The topological polar surface area (TPSA) is 53.5 Å². The molecule has 5 nitrogen and oxygen atoms in total. The van der Waals surface area contributed by atoms with Gasteiger partial charge in [0.2, 0.25) is 11.8 Å². The van der Waals surface area contributed by atoms with Crippen LogP contribution in [0.15, 0.2) is 24.3 Å². The Balaban J connectivity index is 1.41. The summed E-state index contributed by atoms with van der Waals surface area (Å²) in [6, 6.07) is 8.20. The molecule has 0 saturated carbocycles. The fourth-order valence-corrected chi connectivity index (χ4v) is 4.23. The highest BCUT2D eigenvalue weighted by Gasteiger charge is 2.19. The van der Waals surface area contributed by atoms with Gasteiger partial charge in [-0.1, -0.05) is 12.1 Å². The Morgan fingerprint density at radius 2 is 1.84 bits per heavy atom. The minimum Gasteiger partial charge on any atom is -0.341 e. The first-order chi connectivity index (χ1) is 12.1. The third-order valence-electron chi connectivity index (χ3n) is 4.66. The number of hydrogen-bond donors (Lipinski definition) is 0.